The summed E-state index contributed by atoms with van der Waals surface area (Å²) in [6, 6.07) is 3.80. The van der Waals surface area contributed by atoms with Crippen molar-refractivity contribution in [3.63, 3.8) is 0 Å². The molecule has 0 unspecified atom stereocenters. The third-order valence-electron chi connectivity index (χ3n) is 3.48. The highest BCUT2D eigenvalue weighted by Crippen LogP contribution is 2.25. The number of methoxy groups -OCH3 is 1. The Morgan fingerprint density at radius 1 is 1.33 bits per heavy atom. The van der Waals surface area contributed by atoms with Crippen LogP contribution in [-0.4, -0.2) is 44.7 Å². The van der Waals surface area contributed by atoms with Gasteiger partial charge in [0, 0.05) is 32.7 Å². The smallest absolute Gasteiger partial charge is 0.168 e. The molecule has 0 saturated carbocycles. The summed E-state index contributed by atoms with van der Waals surface area (Å²) in [7, 11) is 1.53. The Labute approximate surface area is 108 Å². The van der Waals surface area contributed by atoms with Crippen LogP contribution in [0.15, 0.2) is 12.1 Å². The lowest BCUT2D eigenvalue weighted by atomic mass is 10.1. The third-order valence-corrected chi connectivity index (χ3v) is 3.48. The molecule has 1 aliphatic heterocycles. The van der Waals surface area contributed by atoms with Crippen LogP contribution in [0.3, 0.4) is 0 Å². The van der Waals surface area contributed by atoms with Crippen LogP contribution in [0.5, 0.6) is 5.75 Å². The van der Waals surface area contributed by atoms with Crippen molar-refractivity contribution in [2.75, 3.05) is 39.8 Å². The maximum absolute atomic E-state index is 13.9. The molecule has 18 heavy (non-hydrogen) atoms. The lowest BCUT2D eigenvalue weighted by Gasteiger charge is -2.27. The first-order chi connectivity index (χ1) is 8.72. The van der Waals surface area contributed by atoms with E-state index in [1.54, 1.807) is 6.92 Å². The lowest BCUT2D eigenvalue weighted by molar-refractivity contribution is 0.242. The normalized spacial score (nSPS) is 16.8. The first kappa shape index (κ1) is 13.3. The van der Waals surface area contributed by atoms with Crippen LogP contribution < -0.4 is 10.1 Å². The second-order valence-corrected chi connectivity index (χ2v) is 4.73. The van der Waals surface area contributed by atoms with Crippen LogP contribution in [0.2, 0.25) is 0 Å². The van der Waals surface area contributed by atoms with Gasteiger partial charge in [0.05, 0.1) is 7.11 Å². The number of ether oxygens (including phenoxy) is 1. The monoisotopic (exact) mass is 252 g/mol. The molecule has 100 valence electrons. The fourth-order valence-electron chi connectivity index (χ4n) is 2.33. The summed E-state index contributed by atoms with van der Waals surface area (Å²) in [4.78, 5) is 2.40. The molecular formula is C14H21FN2O. The van der Waals surface area contributed by atoms with E-state index in [9.17, 15) is 4.39 Å². The Bertz CT molecular complexity index is 403. The minimum absolute atomic E-state index is 0.227. The van der Waals surface area contributed by atoms with E-state index in [2.05, 4.69) is 10.2 Å². The molecular weight excluding hydrogens is 231 g/mol. The van der Waals surface area contributed by atoms with E-state index in [4.69, 9.17) is 4.74 Å². The number of nitrogens with one attached hydrogen (secondary N) is 1. The van der Waals surface area contributed by atoms with Crippen LogP contribution in [0, 0.1) is 12.7 Å². The number of hydrogen-bond acceptors (Lipinski definition) is 3. The minimum Gasteiger partial charge on any atom is -0.493 e. The molecule has 4 heteroatoms. The number of piperazine rings is 1. The molecule has 0 bridgehead atoms. The number of nitrogens with zero attached hydrogens (tertiary/aromatic N) is 1. The van der Waals surface area contributed by atoms with Gasteiger partial charge in [0.1, 0.15) is 0 Å². The molecule has 1 aromatic carbocycles. The van der Waals surface area contributed by atoms with Gasteiger partial charge >= 0.3 is 0 Å². The van der Waals surface area contributed by atoms with Crippen molar-refractivity contribution in [1.29, 1.82) is 0 Å². The Morgan fingerprint density at radius 3 is 2.72 bits per heavy atom. The minimum atomic E-state index is -0.227. The SMILES string of the molecule is COc1c(CCN2CCNCC2)ccc(C)c1F. The zero-order chi connectivity index (χ0) is 13.0. The molecule has 0 aromatic heterocycles. The van der Waals surface area contributed by atoms with Crippen LogP contribution >= 0.6 is 0 Å². The van der Waals surface area contributed by atoms with Gasteiger partial charge in [-0.05, 0) is 24.5 Å². The first-order valence-electron chi connectivity index (χ1n) is 6.47. The highest BCUT2D eigenvalue weighted by molar-refractivity contribution is 5.39. The topological polar surface area (TPSA) is 24.5 Å². The summed E-state index contributed by atoms with van der Waals surface area (Å²) in [6.07, 6.45) is 0.834. The van der Waals surface area contributed by atoms with E-state index in [-0.39, 0.29) is 5.82 Å². The Kier molecular flexibility index (Phi) is 4.55. The molecule has 1 fully saturated rings. The Hall–Kier alpha value is -1.13. The van der Waals surface area contributed by atoms with E-state index in [0.29, 0.717) is 11.3 Å². The first-order valence-corrected chi connectivity index (χ1v) is 6.47. The summed E-state index contributed by atoms with van der Waals surface area (Å²) < 4.78 is 19.1. The zero-order valence-corrected chi connectivity index (χ0v) is 11.1. The van der Waals surface area contributed by atoms with Gasteiger partial charge in [-0.3, -0.25) is 0 Å². The quantitative estimate of drug-likeness (QED) is 0.880. The molecule has 1 N–H and O–H groups in total. The molecule has 0 amide bonds. The largest absolute Gasteiger partial charge is 0.493 e. The second kappa shape index (κ2) is 6.16. The van der Waals surface area contributed by atoms with Crippen LogP contribution in [0.25, 0.3) is 0 Å². The molecule has 2 rings (SSSR count). The summed E-state index contributed by atoms with van der Waals surface area (Å²) in [5.74, 6) is 0.181. The van der Waals surface area contributed by atoms with Gasteiger partial charge in [-0.25, -0.2) is 4.39 Å². The Morgan fingerprint density at radius 2 is 2.06 bits per heavy atom. The fourth-order valence-corrected chi connectivity index (χ4v) is 2.33. The molecule has 1 aromatic rings. The van der Waals surface area contributed by atoms with Crippen molar-refractivity contribution in [3.8, 4) is 5.75 Å². The van der Waals surface area contributed by atoms with E-state index in [1.807, 2.05) is 12.1 Å². The molecule has 1 saturated heterocycles. The predicted molar refractivity (Wildman–Crippen MR) is 70.7 cm³/mol. The molecule has 0 radical (unpaired) electrons. The summed E-state index contributed by atoms with van der Waals surface area (Å²) in [6.45, 7) is 6.94. The molecule has 1 heterocycles. The van der Waals surface area contributed by atoms with Gasteiger partial charge in [-0.2, -0.15) is 0 Å². The van der Waals surface area contributed by atoms with Crippen LogP contribution in [-0.2, 0) is 6.42 Å². The molecule has 0 atom stereocenters. The summed E-state index contributed by atoms with van der Waals surface area (Å²) in [5, 5.41) is 3.33. The second-order valence-electron chi connectivity index (χ2n) is 4.73. The predicted octanol–water partition coefficient (Wildman–Crippen LogP) is 1.59. The number of aryl methyl sites for hydroxylation is 1. The number of halogens is 1. The zero-order valence-electron chi connectivity index (χ0n) is 11.1. The maximum atomic E-state index is 13.9. The Balaban J connectivity index is 2.02. The summed E-state index contributed by atoms with van der Waals surface area (Å²) >= 11 is 0. The maximum Gasteiger partial charge on any atom is 0.168 e. The highest BCUT2D eigenvalue weighted by atomic mass is 19.1. The van der Waals surface area contributed by atoms with Crippen molar-refractivity contribution in [2.45, 2.75) is 13.3 Å². The van der Waals surface area contributed by atoms with Crippen LogP contribution in [0.1, 0.15) is 11.1 Å². The van der Waals surface area contributed by atoms with Gasteiger partial charge in [-0.15, -0.1) is 0 Å². The van der Waals surface area contributed by atoms with Gasteiger partial charge in [0.25, 0.3) is 0 Å². The van der Waals surface area contributed by atoms with Crippen molar-refractivity contribution < 1.29 is 9.13 Å². The highest BCUT2D eigenvalue weighted by Gasteiger charge is 2.14. The van der Waals surface area contributed by atoms with Gasteiger partial charge in [0.2, 0.25) is 0 Å². The van der Waals surface area contributed by atoms with Gasteiger partial charge in [-0.1, -0.05) is 12.1 Å². The van der Waals surface area contributed by atoms with E-state index in [1.165, 1.54) is 7.11 Å². The van der Waals surface area contributed by atoms with Crippen LogP contribution in [0.4, 0.5) is 4.39 Å². The average molecular weight is 252 g/mol. The molecule has 0 aliphatic carbocycles. The van der Waals surface area contributed by atoms with Gasteiger partial charge in [0.15, 0.2) is 11.6 Å². The van der Waals surface area contributed by atoms with Crippen molar-refractivity contribution in [3.05, 3.63) is 29.1 Å². The molecule has 0 spiro atoms. The molecule has 1 aliphatic rings. The van der Waals surface area contributed by atoms with E-state index in [0.717, 1.165) is 44.7 Å². The van der Waals surface area contributed by atoms with Crippen molar-refractivity contribution in [2.24, 2.45) is 0 Å². The lowest BCUT2D eigenvalue weighted by Crippen LogP contribution is -2.44. The summed E-state index contributed by atoms with van der Waals surface area (Å²) in [5.41, 5.74) is 1.59. The third kappa shape index (κ3) is 3.00. The van der Waals surface area contributed by atoms with E-state index < -0.39 is 0 Å². The van der Waals surface area contributed by atoms with Crippen molar-refractivity contribution >= 4 is 0 Å². The standard InChI is InChI=1S/C14H21FN2O/c1-11-3-4-12(14(18-2)13(11)15)5-8-17-9-6-16-7-10-17/h3-4,16H,5-10H2,1-2H3. The number of benzene rings is 1. The van der Waals surface area contributed by atoms with Crippen molar-refractivity contribution in [1.82, 2.24) is 10.2 Å². The number of hydrogen-bond donors (Lipinski definition) is 1. The average Bonchev–Trinajstić information content (AvgIpc) is 2.41. The fraction of sp³-hybridized carbons (Fsp3) is 0.571. The van der Waals surface area contributed by atoms with E-state index >= 15 is 0 Å². The van der Waals surface area contributed by atoms with Gasteiger partial charge < -0.3 is 15.0 Å². The number of rotatable bonds is 4. The molecule has 3 nitrogen and oxygen atoms in total.